The fraction of sp³-hybridized carbons (Fsp3) is 0.500. The molecule has 3 heteroatoms. The minimum absolute atomic E-state index is 0.0279. The van der Waals surface area contributed by atoms with Crippen molar-refractivity contribution in [2.45, 2.75) is 16.8 Å². The molecule has 1 aliphatic heterocycles. The average Bonchev–Trinajstić information content (AvgIpc) is 1.60. The minimum Gasteiger partial charge on any atom is -0.333 e. The van der Waals surface area contributed by atoms with Gasteiger partial charge < -0.3 is 5.32 Å². The second-order valence-electron chi connectivity index (χ2n) is 2.36. The third kappa shape index (κ3) is 1.97. The quantitative estimate of drug-likeness (QED) is 0.498. The van der Waals surface area contributed by atoms with E-state index in [4.69, 9.17) is 0 Å². The fourth-order valence-corrected chi connectivity index (χ4v) is 1.26. The Morgan fingerprint density at radius 1 is 1.89 bits per heavy atom. The lowest BCUT2D eigenvalue weighted by atomic mass is 10.1. The van der Waals surface area contributed by atoms with Gasteiger partial charge in [-0.2, -0.15) is 0 Å². The first-order valence-electron chi connectivity index (χ1n) is 2.76. The van der Waals surface area contributed by atoms with Crippen LogP contribution in [0.15, 0.2) is 12.3 Å². The first kappa shape index (κ1) is 7.05. The number of rotatable bonds is 0. The van der Waals surface area contributed by atoms with Crippen molar-refractivity contribution in [1.29, 1.82) is 0 Å². The highest BCUT2D eigenvalue weighted by Crippen LogP contribution is 2.25. The molecule has 2 nitrogen and oxygen atoms in total. The first-order valence-corrected chi connectivity index (χ1v) is 3.84. The maximum Gasteiger partial charge on any atom is 0.225 e. The van der Waals surface area contributed by atoms with Crippen LogP contribution in [0.1, 0.15) is 13.3 Å². The van der Waals surface area contributed by atoms with Crippen molar-refractivity contribution < 1.29 is 4.79 Å². The van der Waals surface area contributed by atoms with Crippen LogP contribution >= 0.6 is 22.6 Å². The molecule has 1 heterocycles. The van der Waals surface area contributed by atoms with Crippen molar-refractivity contribution in [3.8, 4) is 0 Å². The predicted molar refractivity (Wildman–Crippen MR) is 44.3 cm³/mol. The van der Waals surface area contributed by atoms with Crippen molar-refractivity contribution in [2.24, 2.45) is 0 Å². The van der Waals surface area contributed by atoms with E-state index in [9.17, 15) is 4.79 Å². The van der Waals surface area contributed by atoms with E-state index in [1.54, 1.807) is 6.20 Å². The van der Waals surface area contributed by atoms with Crippen molar-refractivity contribution in [3.05, 3.63) is 12.3 Å². The number of allylic oxidation sites excluding steroid dienone is 1. The van der Waals surface area contributed by atoms with E-state index in [2.05, 4.69) is 27.9 Å². The summed E-state index contributed by atoms with van der Waals surface area (Å²) in [7, 11) is 0. The van der Waals surface area contributed by atoms with Crippen LogP contribution in [0, 0.1) is 0 Å². The minimum atomic E-state index is 0.0279. The molecule has 0 aliphatic carbocycles. The molecule has 0 unspecified atom stereocenters. The summed E-state index contributed by atoms with van der Waals surface area (Å²) in [4.78, 5) is 10.7. The zero-order valence-electron chi connectivity index (χ0n) is 5.15. The highest BCUT2D eigenvalue weighted by Gasteiger charge is 2.23. The Hall–Kier alpha value is -0.0600. The second-order valence-corrected chi connectivity index (χ2v) is 4.82. The molecule has 0 spiro atoms. The van der Waals surface area contributed by atoms with E-state index in [-0.39, 0.29) is 9.33 Å². The Labute approximate surface area is 67.8 Å². The van der Waals surface area contributed by atoms with Crippen LogP contribution in [0.3, 0.4) is 0 Å². The number of carbonyl (C=O) groups is 1. The highest BCUT2D eigenvalue weighted by atomic mass is 127. The van der Waals surface area contributed by atoms with Crippen LogP contribution in [-0.2, 0) is 4.79 Å². The summed E-state index contributed by atoms with van der Waals surface area (Å²) < 4.78 is 0.0279. The van der Waals surface area contributed by atoms with Crippen molar-refractivity contribution in [2.75, 3.05) is 0 Å². The van der Waals surface area contributed by atoms with Gasteiger partial charge in [0.1, 0.15) is 0 Å². The average molecular weight is 237 g/mol. The number of nitrogens with one attached hydrogen (secondary N) is 1. The maximum absolute atomic E-state index is 10.7. The molecular formula is C6H8INO. The molecule has 9 heavy (non-hydrogen) atoms. The number of halogens is 1. The molecule has 1 aliphatic rings. The molecule has 0 aromatic carbocycles. The molecule has 0 aromatic rings. The lowest BCUT2D eigenvalue weighted by Crippen LogP contribution is -2.31. The predicted octanol–water partition coefficient (Wildman–Crippen LogP) is 1.21. The number of alkyl halides is 1. The van der Waals surface area contributed by atoms with E-state index < -0.39 is 0 Å². The third-order valence-corrected chi connectivity index (χ3v) is 1.92. The van der Waals surface area contributed by atoms with Gasteiger partial charge in [-0.05, 0) is 6.92 Å². The molecule has 1 N–H and O–H groups in total. The highest BCUT2D eigenvalue weighted by molar-refractivity contribution is 14.1. The smallest absolute Gasteiger partial charge is 0.225 e. The monoisotopic (exact) mass is 237 g/mol. The van der Waals surface area contributed by atoms with E-state index in [1.807, 2.05) is 13.0 Å². The SMILES string of the molecule is C[C@@]1(I)C=CNC(=O)C1. The summed E-state index contributed by atoms with van der Waals surface area (Å²) in [6.07, 6.45) is 4.29. The number of carbonyl (C=O) groups excluding carboxylic acids is 1. The second kappa shape index (κ2) is 2.28. The molecule has 0 aromatic heterocycles. The van der Waals surface area contributed by atoms with Gasteiger partial charge in [-0.15, -0.1) is 0 Å². The van der Waals surface area contributed by atoms with E-state index in [0.717, 1.165) is 0 Å². The summed E-state index contributed by atoms with van der Waals surface area (Å²) in [5, 5.41) is 2.61. The number of amides is 1. The van der Waals surface area contributed by atoms with Gasteiger partial charge in [-0.25, -0.2) is 0 Å². The van der Waals surface area contributed by atoms with Gasteiger partial charge in [0.05, 0.1) is 0 Å². The summed E-state index contributed by atoms with van der Waals surface area (Å²) in [5.74, 6) is 0.106. The number of hydrogen-bond acceptors (Lipinski definition) is 1. The van der Waals surface area contributed by atoms with Crippen molar-refractivity contribution >= 4 is 28.5 Å². The summed E-state index contributed by atoms with van der Waals surface area (Å²) in [6.45, 7) is 2.03. The van der Waals surface area contributed by atoms with E-state index in [0.29, 0.717) is 6.42 Å². The van der Waals surface area contributed by atoms with Gasteiger partial charge in [0.25, 0.3) is 0 Å². The van der Waals surface area contributed by atoms with E-state index >= 15 is 0 Å². The molecule has 0 radical (unpaired) electrons. The molecule has 1 amide bonds. The zero-order valence-corrected chi connectivity index (χ0v) is 7.31. The Balaban J connectivity index is 2.71. The van der Waals surface area contributed by atoms with Gasteiger partial charge in [-0.3, -0.25) is 4.79 Å². The lowest BCUT2D eigenvalue weighted by Gasteiger charge is -2.20. The lowest BCUT2D eigenvalue weighted by molar-refractivity contribution is -0.120. The van der Waals surface area contributed by atoms with Gasteiger partial charge in [0, 0.05) is 16.0 Å². The standard InChI is InChI=1S/C6H8INO/c1-6(7)2-3-8-5(9)4-6/h2-3H,4H2,1H3,(H,8,9)/t6-/m1/s1. The zero-order chi connectivity index (χ0) is 6.91. The van der Waals surface area contributed by atoms with Gasteiger partial charge >= 0.3 is 0 Å². The Bertz CT molecular complexity index is 162. The van der Waals surface area contributed by atoms with Crippen LogP contribution in [0.4, 0.5) is 0 Å². The molecule has 0 saturated heterocycles. The number of hydrogen-bond donors (Lipinski definition) is 1. The van der Waals surface area contributed by atoms with Crippen LogP contribution < -0.4 is 5.32 Å². The first-order chi connectivity index (χ1) is 4.10. The van der Waals surface area contributed by atoms with Crippen molar-refractivity contribution in [1.82, 2.24) is 5.32 Å². The Morgan fingerprint density at radius 3 is 2.89 bits per heavy atom. The largest absolute Gasteiger partial charge is 0.333 e. The van der Waals surface area contributed by atoms with Crippen molar-refractivity contribution in [3.63, 3.8) is 0 Å². The van der Waals surface area contributed by atoms with E-state index in [1.165, 1.54) is 0 Å². The van der Waals surface area contributed by atoms with Crippen LogP contribution in [0.25, 0.3) is 0 Å². The van der Waals surface area contributed by atoms with Gasteiger partial charge in [0.2, 0.25) is 5.91 Å². The topological polar surface area (TPSA) is 29.1 Å². The summed E-state index contributed by atoms with van der Waals surface area (Å²) in [6, 6.07) is 0. The Kier molecular flexibility index (Phi) is 1.79. The van der Waals surface area contributed by atoms with Crippen LogP contribution in [-0.4, -0.2) is 9.33 Å². The normalized spacial score (nSPS) is 34.2. The summed E-state index contributed by atoms with van der Waals surface area (Å²) in [5.41, 5.74) is 0. The van der Waals surface area contributed by atoms with Gasteiger partial charge in [-0.1, -0.05) is 28.7 Å². The molecule has 0 saturated carbocycles. The summed E-state index contributed by atoms with van der Waals surface area (Å²) >= 11 is 2.26. The maximum atomic E-state index is 10.7. The molecule has 50 valence electrons. The molecule has 0 fully saturated rings. The molecule has 0 bridgehead atoms. The molecule has 1 rings (SSSR count). The Morgan fingerprint density at radius 2 is 2.56 bits per heavy atom. The molecular weight excluding hydrogens is 229 g/mol. The molecule has 1 atom stereocenters. The van der Waals surface area contributed by atoms with Gasteiger partial charge in [0.15, 0.2) is 0 Å². The van der Waals surface area contributed by atoms with Crippen LogP contribution in [0.5, 0.6) is 0 Å². The van der Waals surface area contributed by atoms with Crippen LogP contribution in [0.2, 0.25) is 0 Å². The third-order valence-electron chi connectivity index (χ3n) is 1.18. The fourth-order valence-electron chi connectivity index (χ4n) is 0.732.